The Bertz CT molecular complexity index is 633. The van der Waals surface area contributed by atoms with Crippen molar-refractivity contribution in [3.05, 3.63) is 28.8 Å². The van der Waals surface area contributed by atoms with Crippen molar-refractivity contribution in [2.24, 2.45) is 5.92 Å². The molecule has 1 aliphatic heterocycles. The fourth-order valence-electron chi connectivity index (χ4n) is 3.40. The van der Waals surface area contributed by atoms with Crippen molar-refractivity contribution in [1.82, 2.24) is 9.62 Å². The van der Waals surface area contributed by atoms with Crippen LogP contribution >= 0.6 is 11.6 Å². The Balaban J connectivity index is 1.84. The van der Waals surface area contributed by atoms with Gasteiger partial charge in [0.1, 0.15) is 0 Å². The van der Waals surface area contributed by atoms with Gasteiger partial charge in [0.15, 0.2) is 0 Å². The first-order valence-corrected chi connectivity index (χ1v) is 9.35. The molecule has 3 rings (SSSR count). The number of sulfonamides is 1. The van der Waals surface area contributed by atoms with Gasteiger partial charge in [-0.05, 0) is 49.4 Å². The average Bonchev–Trinajstić information content (AvgIpc) is 3.09. The van der Waals surface area contributed by atoms with Gasteiger partial charge in [-0.15, -0.1) is 0 Å². The number of benzene rings is 1. The van der Waals surface area contributed by atoms with Crippen molar-refractivity contribution in [2.45, 2.75) is 43.7 Å². The monoisotopic (exact) mass is 328 g/mol. The van der Waals surface area contributed by atoms with Crippen LogP contribution in [0.2, 0.25) is 5.02 Å². The average molecular weight is 329 g/mol. The molecule has 2 fully saturated rings. The van der Waals surface area contributed by atoms with E-state index in [1.165, 1.54) is 6.42 Å². The zero-order valence-electron chi connectivity index (χ0n) is 12.2. The van der Waals surface area contributed by atoms with Gasteiger partial charge >= 0.3 is 0 Å². The summed E-state index contributed by atoms with van der Waals surface area (Å²) in [7, 11) is -3.40. The van der Waals surface area contributed by atoms with Gasteiger partial charge in [0.05, 0.1) is 4.90 Å². The van der Waals surface area contributed by atoms with E-state index in [1.807, 2.05) is 13.0 Å². The van der Waals surface area contributed by atoms with E-state index in [9.17, 15) is 8.42 Å². The largest absolute Gasteiger partial charge is 0.313 e. The van der Waals surface area contributed by atoms with Crippen LogP contribution in [0.4, 0.5) is 0 Å². The molecule has 1 N–H and O–H groups in total. The lowest BCUT2D eigenvalue weighted by Gasteiger charge is -2.26. The molecule has 1 aromatic carbocycles. The number of piperidine rings is 1. The van der Waals surface area contributed by atoms with E-state index >= 15 is 0 Å². The van der Waals surface area contributed by atoms with E-state index in [1.54, 1.807) is 16.4 Å². The second-order valence-corrected chi connectivity index (χ2v) is 8.24. The summed E-state index contributed by atoms with van der Waals surface area (Å²) >= 11 is 6.23. The van der Waals surface area contributed by atoms with Crippen molar-refractivity contribution in [1.29, 1.82) is 0 Å². The molecule has 1 aromatic rings. The Morgan fingerprint density at radius 2 is 2.19 bits per heavy atom. The van der Waals surface area contributed by atoms with Crippen molar-refractivity contribution >= 4 is 21.6 Å². The van der Waals surface area contributed by atoms with E-state index in [2.05, 4.69) is 5.32 Å². The number of fused-ring (bicyclic) bond motifs is 2. The van der Waals surface area contributed by atoms with E-state index in [0.29, 0.717) is 28.9 Å². The molecule has 2 unspecified atom stereocenters. The summed E-state index contributed by atoms with van der Waals surface area (Å²) in [6, 6.07) is 5.28. The minimum absolute atomic E-state index is 0.195. The predicted octanol–water partition coefficient (Wildman–Crippen LogP) is 2.62. The molecule has 116 valence electrons. The second kappa shape index (κ2) is 5.88. The fourth-order valence-corrected chi connectivity index (χ4v) is 5.48. The Hall–Kier alpha value is -0.620. The minimum atomic E-state index is -3.40. The molecule has 0 amide bonds. The third-order valence-electron chi connectivity index (χ3n) is 4.56. The molecule has 0 radical (unpaired) electrons. The van der Waals surface area contributed by atoms with Crippen LogP contribution in [-0.4, -0.2) is 31.9 Å². The number of rotatable bonds is 5. The molecule has 1 saturated carbocycles. The third-order valence-corrected chi connectivity index (χ3v) is 6.82. The quantitative estimate of drug-likeness (QED) is 0.904. The van der Waals surface area contributed by atoms with Crippen LogP contribution in [0.5, 0.6) is 0 Å². The first kappa shape index (κ1) is 15.3. The van der Waals surface area contributed by atoms with Gasteiger partial charge < -0.3 is 5.32 Å². The molecule has 2 bridgehead atoms. The highest BCUT2D eigenvalue weighted by atomic mass is 35.5. The smallest absolute Gasteiger partial charge is 0.243 e. The topological polar surface area (TPSA) is 49.4 Å². The number of hydrogen-bond donors (Lipinski definition) is 1. The SMILES string of the molecule is CCNCc1ccc(S(=O)(=O)N2CC3CCC2C3)cc1Cl. The van der Waals surface area contributed by atoms with Gasteiger partial charge in [0, 0.05) is 24.2 Å². The molecule has 1 heterocycles. The molecular weight excluding hydrogens is 308 g/mol. The highest BCUT2D eigenvalue weighted by molar-refractivity contribution is 7.89. The summed E-state index contributed by atoms with van der Waals surface area (Å²) in [5.41, 5.74) is 0.931. The zero-order chi connectivity index (χ0) is 15.0. The van der Waals surface area contributed by atoms with Crippen LogP contribution in [0.3, 0.4) is 0 Å². The number of hydrogen-bond acceptors (Lipinski definition) is 3. The number of nitrogens with zero attached hydrogens (tertiary/aromatic N) is 1. The molecule has 2 atom stereocenters. The molecule has 0 aromatic heterocycles. The predicted molar refractivity (Wildman–Crippen MR) is 83.9 cm³/mol. The van der Waals surface area contributed by atoms with Crippen LogP contribution < -0.4 is 5.32 Å². The summed E-state index contributed by atoms with van der Waals surface area (Å²) in [6.07, 6.45) is 3.18. The number of nitrogens with one attached hydrogen (secondary N) is 1. The van der Waals surface area contributed by atoms with Crippen LogP contribution in [0.25, 0.3) is 0 Å². The van der Waals surface area contributed by atoms with Gasteiger partial charge in [0.2, 0.25) is 10.0 Å². The van der Waals surface area contributed by atoms with Crippen molar-refractivity contribution < 1.29 is 8.42 Å². The maximum atomic E-state index is 12.8. The summed E-state index contributed by atoms with van der Waals surface area (Å²) in [5.74, 6) is 0.549. The summed E-state index contributed by atoms with van der Waals surface area (Å²) in [5, 5.41) is 3.71. The number of halogens is 1. The van der Waals surface area contributed by atoms with Crippen molar-refractivity contribution in [3.63, 3.8) is 0 Å². The third kappa shape index (κ3) is 2.84. The van der Waals surface area contributed by atoms with E-state index in [-0.39, 0.29) is 6.04 Å². The Kier molecular flexibility index (Phi) is 4.28. The first-order valence-electron chi connectivity index (χ1n) is 7.53. The molecule has 1 saturated heterocycles. The van der Waals surface area contributed by atoms with Crippen LogP contribution in [-0.2, 0) is 16.6 Å². The van der Waals surface area contributed by atoms with Gasteiger partial charge in [-0.25, -0.2) is 8.42 Å². The normalized spacial score (nSPS) is 25.6. The summed E-state index contributed by atoms with van der Waals surface area (Å²) in [6.45, 7) is 4.20. The maximum absolute atomic E-state index is 12.8. The molecule has 0 spiro atoms. The van der Waals surface area contributed by atoms with E-state index in [0.717, 1.165) is 24.9 Å². The summed E-state index contributed by atoms with van der Waals surface area (Å²) < 4.78 is 27.2. The van der Waals surface area contributed by atoms with Crippen LogP contribution in [0.1, 0.15) is 31.7 Å². The molecule has 4 nitrogen and oxygen atoms in total. The van der Waals surface area contributed by atoms with Gasteiger partial charge in [-0.2, -0.15) is 4.31 Å². The molecule has 21 heavy (non-hydrogen) atoms. The Morgan fingerprint density at radius 3 is 2.76 bits per heavy atom. The van der Waals surface area contributed by atoms with E-state index in [4.69, 9.17) is 11.6 Å². The van der Waals surface area contributed by atoms with Crippen LogP contribution in [0, 0.1) is 5.92 Å². The Labute approximate surface area is 131 Å². The van der Waals surface area contributed by atoms with Crippen molar-refractivity contribution in [2.75, 3.05) is 13.1 Å². The second-order valence-electron chi connectivity index (χ2n) is 5.94. The lowest BCUT2D eigenvalue weighted by atomic mass is 10.1. The van der Waals surface area contributed by atoms with Gasteiger partial charge in [-0.1, -0.05) is 24.6 Å². The molecule has 2 aliphatic rings. The lowest BCUT2D eigenvalue weighted by molar-refractivity contribution is 0.333. The maximum Gasteiger partial charge on any atom is 0.243 e. The fraction of sp³-hybridized carbons (Fsp3) is 0.600. The highest BCUT2D eigenvalue weighted by Crippen LogP contribution is 2.40. The molecule has 1 aliphatic carbocycles. The lowest BCUT2D eigenvalue weighted by Crippen LogP contribution is -2.37. The van der Waals surface area contributed by atoms with Crippen LogP contribution in [0.15, 0.2) is 23.1 Å². The standard InChI is InChI=1S/C15H21ClN2O2S/c1-2-17-9-12-4-6-14(8-15(12)16)21(19,20)18-10-11-3-5-13(18)7-11/h4,6,8,11,13,17H,2-3,5,7,9-10H2,1H3. The first-order chi connectivity index (χ1) is 10.0. The molecular formula is C15H21ClN2O2S. The molecule has 6 heteroatoms. The zero-order valence-corrected chi connectivity index (χ0v) is 13.8. The van der Waals surface area contributed by atoms with E-state index < -0.39 is 10.0 Å². The van der Waals surface area contributed by atoms with Gasteiger partial charge in [-0.3, -0.25) is 0 Å². The van der Waals surface area contributed by atoms with Gasteiger partial charge in [0.25, 0.3) is 0 Å². The highest BCUT2D eigenvalue weighted by Gasteiger charge is 2.44. The summed E-state index contributed by atoms with van der Waals surface area (Å²) in [4.78, 5) is 0.320. The van der Waals surface area contributed by atoms with Crippen molar-refractivity contribution in [3.8, 4) is 0 Å². The minimum Gasteiger partial charge on any atom is -0.313 e. The Morgan fingerprint density at radius 1 is 1.38 bits per heavy atom.